The van der Waals surface area contributed by atoms with Gasteiger partial charge in [-0.2, -0.15) is 0 Å². The van der Waals surface area contributed by atoms with Crippen molar-refractivity contribution in [1.82, 2.24) is 4.98 Å². The maximum absolute atomic E-state index is 11.4. The van der Waals surface area contributed by atoms with Crippen LogP contribution in [0.5, 0.6) is 0 Å². The highest BCUT2D eigenvalue weighted by atomic mass is 32.2. The van der Waals surface area contributed by atoms with Gasteiger partial charge in [-0.25, -0.2) is 0 Å². The Balaban J connectivity index is 2.49. The highest BCUT2D eigenvalue weighted by molar-refractivity contribution is 7.83. The van der Waals surface area contributed by atoms with Crippen molar-refractivity contribution in [1.29, 1.82) is 0 Å². The standard InChI is InChI=1S/C14H14N2O2S/c1-19(18)9-12-8-11(2-3-13(12)14(15)17)10-4-6-16-7-5-10/h2-8H,9H2,1H3,(H2,15,17). The number of carbonyl (C=O) groups excluding carboxylic acids is 1. The van der Waals surface area contributed by atoms with E-state index >= 15 is 0 Å². The van der Waals surface area contributed by atoms with E-state index in [1.54, 1.807) is 24.7 Å². The molecule has 0 radical (unpaired) electrons. The van der Waals surface area contributed by atoms with E-state index in [2.05, 4.69) is 4.98 Å². The van der Waals surface area contributed by atoms with Crippen LogP contribution in [0.1, 0.15) is 15.9 Å². The van der Waals surface area contributed by atoms with Crippen molar-refractivity contribution < 1.29 is 9.00 Å². The minimum absolute atomic E-state index is 0.317. The molecule has 5 heteroatoms. The Labute approximate surface area is 114 Å². The molecule has 2 aromatic rings. The molecule has 0 aliphatic rings. The quantitative estimate of drug-likeness (QED) is 0.922. The summed E-state index contributed by atoms with van der Waals surface area (Å²) in [6, 6.07) is 9.13. The molecule has 1 amide bonds. The number of primary amides is 1. The molecule has 19 heavy (non-hydrogen) atoms. The van der Waals surface area contributed by atoms with Gasteiger partial charge in [-0.3, -0.25) is 14.0 Å². The van der Waals surface area contributed by atoms with E-state index in [0.717, 1.165) is 11.1 Å². The van der Waals surface area contributed by atoms with Crippen molar-refractivity contribution in [2.24, 2.45) is 5.73 Å². The molecule has 0 bridgehead atoms. The number of amides is 1. The lowest BCUT2D eigenvalue weighted by molar-refractivity contribution is 0.0999. The Morgan fingerprint density at radius 3 is 2.47 bits per heavy atom. The van der Waals surface area contributed by atoms with Gasteiger partial charge in [-0.15, -0.1) is 0 Å². The van der Waals surface area contributed by atoms with E-state index in [-0.39, 0.29) is 0 Å². The van der Waals surface area contributed by atoms with Crippen LogP contribution >= 0.6 is 0 Å². The summed E-state index contributed by atoms with van der Waals surface area (Å²) in [6.45, 7) is 0. The summed E-state index contributed by atoms with van der Waals surface area (Å²) in [5.41, 5.74) is 8.41. The molecule has 98 valence electrons. The first-order valence-corrected chi connectivity index (χ1v) is 7.44. The molecule has 1 atom stereocenters. The molecule has 0 spiro atoms. The summed E-state index contributed by atoms with van der Waals surface area (Å²) in [5.74, 6) is -0.182. The SMILES string of the molecule is CS(=O)Cc1cc(-c2ccncc2)ccc1C(N)=O. The first-order valence-electron chi connectivity index (χ1n) is 5.71. The Hall–Kier alpha value is -2.01. The Kier molecular flexibility index (Phi) is 4.06. The Morgan fingerprint density at radius 1 is 1.21 bits per heavy atom. The molecule has 0 fully saturated rings. The smallest absolute Gasteiger partial charge is 0.249 e. The number of rotatable bonds is 4. The van der Waals surface area contributed by atoms with Gasteiger partial charge >= 0.3 is 0 Å². The predicted octanol–water partition coefficient (Wildman–Crippen LogP) is 1.73. The van der Waals surface area contributed by atoms with E-state index in [9.17, 15) is 9.00 Å². The van der Waals surface area contributed by atoms with Crippen molar-refractivity contribution in [3.8, 4) is 11.1 Å². The van der Waals surface area contributed by atoms with Crippen LogP contribution in [-0.4, -0.2) is 21.4 Å². The van der Waals surface area contributed by atoms with Gasteiger partial charge in [0.1, 0.15) is 0 Å². The third-order valence-electron chi connectivity index (χ3n) is 2.74. The van der Waals surface area contributed by atoms with Crippen molar-refractivity contribution >= 4 is 16.7 Å². The first kappa shape index (κ1) is 13.4. The lowest BCUT2D eigenvalue weighted by Gasteiger charge is -2.08. The highest BCUT2D eigenvalue weighted by Gasteiger charge is 2.11. The summed E-state index contributed by atoms with van der Waals surface area (Å²) in [7, 11) is -1.03. The highest BCUT2D eigenvalue weighted by Crippen LogP contribution is 2.22. The lowest BCUT2D eigenvalue weighted by Crippen LogP contribution is -2.14. The van der Waals surface area contributed by atoms with Crippen LogP contribution in [0.4, 0.5) is 0 Å². The predicted molar refractivity (Wildman–Crippen MR) is 76.0 cm³/mol. The average Bonchev–Trinajstić information content (AvgIpc) is 2.38. The van der Waals surface area contributed by atoms with Crippen LogP contribution in [0.15, 0.2) is 42.7 Å². The van der Waals surface area contributed by atoms with Gasteiger partial charge in [-0.1, -0.05) is 6.07 Å². The van der Waals surface area contributed by atoms with Crippen molar-refractivity contribution in [2.45, 2.75) is 5.75 Å². The number of nitrogens with zero attached hydrogens (tertiary/aromatic N) is 1. The summed E-state index contributed by atoms with van der Waals surface area (Å²) in [6.07, 6.45) is 5.01. The molecular weight excluding hydrogens is 260 g/mol. The van der Waals surface area contributed by atoms with E-state index in [4.69, 9.17) is 5.73 Å². The molecule has 0 aliphatic carbocycles. The number of pyridine rings is 1. The summed E-state index contributed by atoms with van der Waals surface area (Å²) in [5, 5.41) is 0. The van der Waals surface area contributed by atoms with Crippen molar-refractivity contribution in [3.63, 3.8) is 0 Å². The van der Waals surface area contributed by atoms with Crippen LogP contribution in [0, 0.1) is 0 Å². The molecule has 4 nitrogen and oxygen atoms in total. The van der Waals surface area contributed by atoms with Gasteiger partial charge in [-0.05, 0) is 41.0 Å². The van der Waals surface area contributed by atoms with E-state index in [1.165, 1.54) is 0 Å². The maximum atomic E-state index is 11.4. The average molecular weight is 274 g/mol. The number of hydrogen-bond donors (Lipinski definition) is 1. The zero-order valence-electron chi connectivity index (χ0n) is 10.5. The zero-order valence-corrected chi connectivity index (χ0v) is 11.3. The fourth-order valence-electron chi connectivity index (χ4n) is 1.90. The Morgan fingerprint density at radius 2 is 1.89 bits per heavy atom. The summed E-state index contributed by atoms with van der Waals surface area (Å²) < 4.78 is 11.4. The second-order valence-electron chi connectivity index (χ2n) is 4.19. The monoisotopic (exact) mass is 274 g/mol. The number of aromatic nitrogens is 1. The van der Waals surface area contributed by atoms with Gasteiger partial charge in [0.2, 0.25) is 5.91 Å². The van der Waals surface area contributed by atoms with Gasteiger partial charge in [0.15, 0.2) is 0 Å². The molecule has 0 saturated heterocycles. The molecule has 1 aromatic carbocycles. The first-order chi connectivity index (χ1) is 9.08. The maximum Gasteiger partial charge on any atom is 0.249 e. The zero-order chi connectivity index (χ0) is 13.8. The molecule has 0 saturated carbocycles. The molecule has 2 rings (SSSR count). The minimum atomic E-state index is -1.03. The number of carbonyl (C=O) groups is 1. The number of nitrogens with two attached hydrogens (primary N) is 1. The van der Waals surface area contributed by atoms with Gasteiger partial charge in [0.05, 0.1) is 0 Å². The molecule has 2 N–H and O–H groups in total. The normalized spacial score (nSPS) is 12.1. The van der Waals surface area contributed by atoms with E-state index in [0.29, 0.717) is 16.9 Å². The number of hydrogen-bond acceptors (Lipinski definition) is 3. The van der Waals surface area contributed by atoms with Crippen LogP contribution in [-0.2, 0) is 16.6 Å². The summed E-state index contributed by atoms with van der Waals surface area (Å²) in [4.78, 5) is 15.3. The third-order valence-corrected chi connectivity index (χ3v) is 3.46. The molecule has 0 aliphatic heterocycles. The van der Waals surface area contributed by atoms with Crippen LogP contribution < -0.4 is 5.73 Å². The number of benzene rings is 1. The fraction of sp³-hybridized carbons (Fsp3) is 0.143. The minimum Gasteiger partial charge on any atom is -0.366 e. The van der Waals surface area contributed by atoms with Crippen molar-refractivity contribution in [2.75, 3.05) is 6.26 Å². The van der Waals surface area contributed by atoms with Gasteiger partial charge < -0.3 is 5.73 Å². The van der Waals surface area contributed by atoms with Crippen LogP contribution in [0.25, 0.3) is 11.1 Å². The van der Waals surface area contributed by atoms with E-state index < -0.39 is 16.7 Å². The van der Waals surface area contributed by atoms with Crippen LogP contribution in [0.3, 0.4) is 0 Å². The van der Waals surface area contributed by atoms with Gasteiger partial charge in [0, 0.05) is 40.8 Å². The summed E-state index contributed by atoms with van der Waals surface area (Å²) >= 11 is 0. The van der Waals surface area contributed by atoms with E-state index in [1.807, 2.05) is 24.3 Å². The largest absolute Gasteiger partial charge is 0.366 e. The molecule has 1 aromatic heterocycles. The molecule has 1 unspecified atom stereocenters. The lowest BCUT2D eigenvalue weighted by atomic mass is 10.0. The molecule has 1 heterocycles. The third kappa shape index (κ3) is 3.26. The topological polar surface area (TPSA) is 73.1 Å². The molecular formula is C14H14N2O2S. The second-order valence-corrected chi connectivity index (χ2v) is 5.62. The van der Waals surface area contributed by atoms with Crippen LogP contribution in [0.2, 0.25) is 0 Å². The fourth-order valence-corrected chi connectivity index (χ4v) is 2.57. The Bertz CT molecular complexity index is 627. The van der Waals surface area contributed by atoms with Crippen molar-refractivity contribution in [3.05, 3.63) is 53.9 Å². The second kappa shape index (κ2) is 5.75. The van der Waals surface area contributed by atoms with Gasteiger partial charge in [0.25, 0.3) is 0 Å².